The molecule has 1 fully saturated rings. The molecule has 2 aromatic carbocycles. The summed E-state index contributed by atoms with van der Waals surface area (Å²) in [6.45, 7) is 1.03. The molecule has 27 heavy (non-hydrogen) atoms. The van der Waals surface area contributed by atoms with Crippen molar-refractivity contribution in [3.8, 4) is 11.5 Å². The van der Waals surface area contributed by atoms with Crippen LogP contribution in [0.4, 0.5) is 8.78 Å². The van der Waals surface area contributed by atoms with Crippen molar-refractivity contribution in [2.24, 2.45) is 0 Å². The fourth-order valence-corrected chi connectivity index (χ4v) is 2.91. The van der Waals surface area contributed by atoms with Crippen molar-refractivity contribution in [2.75, 3.05) is 33.3 Å². The highest BCUT2D eigenvalue weighted by Crippen LogP contribution is 2.25. The zero-order valence-corrected chi connectivity index (χ0v) is 14.6. The molecule has 142 valence electrons. The van der Waals surface area contributed by atoms with Gasteiger partial charge in [0.1, 0.15) is 11.5 Å². The predicted molar refractivity (Wildman–Crippen MR) is 92.8 cm³/mol. The minimum absolute atomic E-state index is 0.0569. The van der Waals surface area contributed by atoms with Gasteiger partial charge in [-0.2, -0.15) is 0 Å². The number of carbonyl (C=O) groups is 2. The number of phenols is 1. The third-order valence-electron chi connectivity index (χ3n) is 4.46. The summed E-state index contributed by atoms with van der Waals surface area (Å²) < 4.78 is 31.3. The summed E-state index contributed by atoms with van der Waals surface area (Å²) in [5.74, 6) is -2.61. The van der Waals surface area contributed by atoms with Gasteiger partial charge in [0.05, 0.1) is 12.7 Å². The number of aromatic hydroxyl groups is 1. The van der Waals surface area contributed by atoms with Crippen LogP contribution in [0, 0.1) is 11.6 Å². The molecule has 0 atom stereocenters. The average Bonchev–Trinajstić information content (AvgIpc) is 2.69. The zero-order chi connectivity index (χ0) is 19.6. The number of methoxy groups -OCH3 is 1. The lowest BCUT2D eigenvalue weighted by Gasteiger charge is -2.35. The van der Waals surface area contributed by atoms with E-state index >= 15 is 0 Å². The van der Waals surface area contributed by atoms with E-state index in [1.807, 2.05) is 0 Å². The molecule has 1 heterocycles. The van der Waals surface area contributed by atoms with Gasteiger partial charge in [-0.05, 0) is 30.3 Å². The molecule has 0 saturated carbocycles. The third-order valence-corrected chi connectivity index (χ3v) is 4.46. The summed E-state index contributed by atoms with van der Waals surface area (Å²) in [6, 6.07) is 7.42. The zero-order valence-electron chi connectivity index (χ0n) is 14.6. The van der Waals surface area contributed by atoms with E-state index in [1.165, 1.54) is 35.1 Å². The molecule has 1 aliphatic rings. The summed E-state index contributed by atoms with van der Waals surface area (Å²) in [4.78, 5) is 28.0. The van der Waals surface area contributed by atoms with Crippen LogP contribution < -0.4 is 4.74 Å². The van der Waals surface area contributed by atoms with Gasteiger partial charge in [-0.3, -0.25) is 9.59 Å². The van der Waals surface area contributed by atoms with Crippen molar-refractivity contribution in [2.45, 2.75) is 0 Å². The molecule has 1 N–H and O–H groups in total. The number of halogens is 2. The van der Waals surface area contributed by atoms with E-state index in [0.29, 0.717) is 5.75 Å². The van der Waals surface area contributed by atoms with Crippen molar-refractivity contribution in [3.05, 3.63) is 59.2 Å². The Morgan fingerprint density at radius 2 is 1.56 bits per heavy atom. The molecule has 0 spiro atoms. The molecule has 0 aromatic heterocycles. The Hall–Kier alpha value is -3.16. The minimum Gasteiger partial charge on any atom is -0.507 e. The van der Waals surface area contributed by atoms with Crippen molar-refractivity contribution < 1.29 is 28.2 Å². The number of piperazine rings is 1. The van der Waals surface area contributed by atoms with E-state index in [2.05, 4.69) is 0 Å². The topological polar surface area (TPSA) is 70.1 Å². The summed E-state index contributed by atoms with van der Waals surface area (Å²) in [5.41, 5.74) is 0.206. The Morgan fingerprint density at radius 1 is 0.926 bits per heavy atom. The summed E-state index contributed by atoms with van der Waals surface area (Å²) in [7, 11) is 1.46. The summed E-state index contributed by atoms with van der Waals surface area (Å²) in [6.07, 6.45) is 0. The van der Waals surface area contributed by atoms with Crippen LogP contribution in [0.3, 0.4) is 0 Å². The second kappa shape index (κ2) is 7.61. The van der Waals surface area contributed by atoms with Crippen LogP contribution in [-0.2, 0) is 0 Å². The SMILES string of the molecule is COc1ccc(C(=O)N2CCN(C(=O)c3ccc(F)c(F)c3)CC2)c(O)c1. The average molecular weight is 376 g/mol. The number of carbonyl (C=O) groups excluding carboxylic acids is 2. The first kappa shape index (κ1) is 18.6. The van der Waals surface area contributed by atoms with Crippen molar-refractivity contribution in [1.82, 2.24) is 9.80 Å². The minimum atomic E-state index is -1.08. The Bertz CT molecular complexity index is 880. The summed E-state index contributed by atoms with van der Waals surface area (Å²) >= 11 is 0. The Balaban J connectivity index is 1.65. The number of ether oxygens (including phenoxy) is 1. The van der Waals surface area contributed by atoms with Gasteiger partial charge in [-0.25, -0.2) is 8.78 Å². The van der Waals surface area contributed by atoms with Crippen LogP contribution in [-0.4, -0.2) is 60.0 Å². The van der Waals surface area contributed by atoms with Gasteiger partial charge in [0, 0.05) is 37.8 Å². The number of hydrogen-bond acceptors (Lipinski definition) is 4. The van der Waals surface area contributed by atoms with Crippen LogP contribution >= 0.6 is 0 Å². The molecule has 0 unspecified atom stereocenters. The molecule has 3 rings (SSSR count). The van der Waals surface area contributed by atoms with Crippen LogP contribution in [0.1, 0.15) is 20.7 Å². The van der Waals surface area contributed by atoms with E-state index in [1.54, 1.807) is 6.07 Å². The van der Waals surface area contributed by atoms with Crippen molar-refractivity contribution in [3.63, 3.8) is 0 Å². The van der Waals surface area contributed by atoms with Gasteiger partial charge in [0.2, 0.25) is 0 Å². The van der Waals surface area contributed by atoms with Crippen molar-refractivity contribution >= 4 is 11.8 Å². The normalized spacial score (nSPS) is 14.2. The van der Waals surface area contributed by atoms with Gasteiger partial charge in [0.25, 0.3) is 11.8 Å². The number of rotatable bonds is 3. The molecule has 8 heteroatoms. The van der Waals surface area contributed by atoms with Crippen LogP contribution in [0.15, 0.2) is 36.4 Å². The number of hydrogen-bond donors (Lipinski definition) is 1. The van der Waals surface area contributed by atoms with E-state index in [9.17, 15) is 23.5 Å². The molecular formula is C19H18F2N2O4. The number of amides is 2. The van der Waals surface area contributed by atoms with E-state index in [-0.39, 0.29) is 49.0 Å². The highest BCUT2D eigenvalue weighted by molar-refractivity contribution is 5.97. The molecule has 2 amide bonds. The quantitative estimate of drug-likeness (QED) is 0.892. The number of nitrogens with zero attached hydrogens (tertiary/aromatic N) is 2. The maximum atomic E-state index is 13.3. The molecule has 0 radical (unpaired) electrons. The maximum Gasteiger partial charge on any atom is 0.257 e. The van der Waals surface area contributed by atoms with Gasteiger partial charge in [-0.1, -0.05) is 0 Å². The number of benzene rings is 2. The first-order valence-corrected chi connectivity index (χ1v) is 8.31. The fourth-order valence-electron chi connectivity index (χ4n) is 2.91. The standard InChI is InChI=1S/C19H18F2N2O4/c1-27-13-3-4-14(17(24)11-13)19(26)23-8-6-22(7-9-23)18(25)12-2-5-15(20)16(21)10-12/h2-5,10-11,24H,6-9H2,1H3. The Morgan fingerprint density at radius 3 is 2.11 bits per heavy atom. The van der Waals surface area contributed by atoms with Gasteiger partial charge >= 0.3 is 0 Å². The molecule has 1 saturated heterocycles. The lowest BCUT2D eigenvalue weighted by atomic mass is 10.1. The largest absolute Gasteiger partial charge is 0.507 e. The number of phenolic OH excluding ortho intramolecular Hbond substituents is 1. The Labute approximate surface area is 154 Å². The lowest BCUT2D eigenvalue weighted by molar-refractivity contribution is 0.0533. The fraction of sp³-hybridized carbons (Fsp3) is 0.263. The molecule has 0 bridgehead atoms. The van der Waals surface area contributed by atoms with Crippen LogP contribution in [0.5, 0.6) is 11.5 Å². The van der Waals surface area contributed by atoms with Crippen LogP contribution in [0.25, 0.3) is 0 Å². The first-order chi connectivity index (χ1) is 12.9. The first-order valence-electron chi connectivity index (χ1n) is 8.31. The lowest BCUT2D eigenvalue weighted by Crippen LogP contribution is -2.50. The monoisotopic (exact) mass is 376 g/mol. The van der Waals surface area contributed by atoms with Crippen molar-refractivity contribution in [1.29, 1.82) is 0 Å². The molecule has 6 nitrogen and oxygen atoms in total. The van der Waals surface area contributed by atoms with Crippen LogP contribution in [0.2, 0.25) is 0 Å². The molecule has 0 aliphatic carbocycles. The molecular weight excluding hydrogens is 358 g/mol. The summed E-state index contributed by atoms with van der Waals surface area (Å²) in [5, 5.41) is 10.0. The maximum absolute atomic E-state index is 13.3. The second-order valence-corrected chi connectivity index (χ2v) is 6.10. The van der Waals surface area contributed by atoms with Gasteiger partial charge < -0.3 is 19.6 Å². The van der Waals surface area contributed by atoms with E-state index in [4.69, 9.17) is 4.74 Å². The van der Waals surface area contributed by atoms with Gasteiger partial charge in [0.15, 0.2) is 11.6 Å². The Kier molecular flexibility index (Phi) is 5.25. The van der Waals surface area contributed by atoms with E-state index < -0.39 is 17.5 Å². The van der Waals surface area contributed by atoms with E-state index in [0.717, 1.165) is 12.1 Å². The highest BCUT2D eigenvalue weighted by atomic mass is 19.2. The second-order valence-electron chi connectivity index (χ2n) is 6.10. The van der Waals surface area contributed by atoms with Gasteiger partial charge in [-0.15, -0.1) is 0 Å². The predicted octanol–water partition coefficient (Wildman–Crippen LogP) is 2.28. The highest BCUT2D eigenvalue weighted by Gasteiger charge is 2.27. The third kappa shape index (κ3) is 3.84. The molecule has 1 aliphatic heterocycles. The molecule has 2 aromatic rings. The smallest absolute Gasteiger partial charge is 0.257 e.